The molecule has 0 amide bonds. The fraction of sp³-hybridized carbons (Fsp3) is 0.333. The van der Waals surface area contributed by atoms with Crippen LogP contribution < -0.4 is 5.73 Å². The van der Waals surface area contributed by atoms with Crippen molar-refractivity contribution in [1.82, 2.24) is 0 Å². The fourth-order valence-corrected chi connectivity index (χ4v) is 2.18. The molecule has 1 nitrogen and oxygen atoms in total. The highest BCUT2D eigenvalue weighted by atomic mass is 14.6. The van der Waals surface area contributed by atoms with E-state index in [1.54, 1.807) is 0 Å². The first-order valence-electron chi connectivity index (χ1n) is 6.09. The number of nitrogens with two attached hydrogens (primary N) is 1. The van der Waals surface area contributed by atoms with Gasteiger partial charge in [0.2, 0.25) is 0 Å². The summed E-state index contributed by atoms with van der Waals surface area (Å²) in [4.78, 5) is 0. The summed E-state index contributed by atoms with van der Waals surface area (Å²) < 4.78 is 0. The van der Waals surface area contributed by atoms with E-state index in [0.29, 0.717) is 0 Å². The number of aryl methyl sites for hydroxylation is 1. The molecule has 0 saturated carbocycles. The highest BCUT2D eigenvalue weighted by Gasteiger charge is 2.04. The van der Waals surface area contributed by atoms with Gasteiger partial charge in [-0.1, -0.05) is 50.1 Å². The van der Waals surface area contributed by atoms with Crippen LogP contribution in [0.4, 0.5) is 5.69 Å². The summed E-state index contributed by atoms with van der Waals surface area (Å²) in [5.41, 5.74) is 8.33. The van der Waals surface area contributed by atoms with Crippen LogP contribution in [-0.4, -0.2) is 0 Å². The van der Waals surface area contributed by atoms with Crippen molar-refractivity contribution >= 4 is 16.5 Å². The van der Waals surface area contributed by atoms with Crippen molar-refractivity contribution in [1.29, 1.82) is 0 Å². The standard InChI is InChI=1S/C15H19N/c1-2-3-4-9-14-13-8-6-5-7-12(13)10-11-15(14)16/h5-8,10-11H,2-4,9,16H2,1H3. The van der Waals surface area contributed by atoms with Crippen molar-refractivity contribution in [3.05, 3.63) is 42.0 Å². The van der Waals surface area contributed by atoms with Gasteiger partial charge in [0.15, 0.2) is 0 Å². The molecule has 16 heavy (non-hydrogen) atoms. The Kier molecular flexibility index (Phi) is 3.45. The molecule has 0 fully saturated rings. The number of fused-ring (bicyclic) bond motifs is 1. The van der Waals surface area contributed by atoms with Gasteiger partial charge in [-0.3, -0.25) is 0 Å². The van der Waals surface area contributed by atoms with Crippen LogP contribution in [-0.2, 0) is 6.42 Å². The Bertz CT molecular complexity index is 474. The summed E-state index contributed by atoms with van der Waals surface area (Å²) in [5, 5.41) is 2.61. The maximum Gasteiger partial charge on any atom is 0.0353 e. The quantitative estimate of drug-likeness (QED) is 0.599. The first-order chi connectivity index (χ1) is 7.83. The van der Waals surface area contributed by atoms with E-state index in [4.69, 9.17) is 5.73 Å². The molecular formula is C15H19N. The minimum Gasteiger partial charge on any atom is -0.398 e. The lowest BCUT2D eigenvalue weighted by atomic mass is 9.98. The van der Waals surface area contributed by atoms with Gasteiger partial charge in [-0.15, -0.1) is 0 Å². The van der Waals surface area contributed by atoms with Crippen molar-refractivity contribution in [2.75, 3.05) is 5.73 Å². The first-order valence-corrected chi connectivity index (χ1v) is 6.09. The predicted octanol–water partition coefficient (Wildman–Crippen LogP) is 4.15. The van der Waals surface area contributed by atoms with E-state index < -0.39 is 0 Å². The predicted molar refractivity (Wildman–Crippen MR) is 71.6 cm³/mol. The third kappa shape index (κ3) is 2.19. The van der Waals surface area contributed by atoms with E-state index in [-0.39, 0.29) is 0 Å². The van der Waals surface area contributed by atoms with Crippen LogP contribution in [0.3, 0.4) is 0 Å². The van der Waals surface area contributed by atoms with E-state index in [2.05, 4.69) is 37.3 Å². The van der Waals surface area contributed by atoms with Crippen molar-refractivity contribution in [3.8, 4) is 0 Å². The third-order valence-electron chi connectivity index (χ3n) is 3.11. The number of benzene rings is 2. The Morgan fingerprint density at radius 3 is 2.62 bits per heavy atom. The molecular weight excluding hydrogens is 194 g/mol. The number of hydrogen-bond acceptors (Lipinski definition) is 1. The largest absolute Gasteiger partial charge is 0.398 e. The Hall–Kier alpha value is -1.50. The molecule has 0 aliphatic heterocycles. The summed E-state index contributed by atoms with van der Waals surface area (Å²) in [6.07, 6.45) is 4.86. The van der Waals surface area contributed by atoms with Gasteiger partial charge in [0.1, 0.15) is 0 Å². The van der Waals surface area contributed by atoms with E-state index >= 15 is 0 Å². The zero-order valence-electron chi connectivity index (χ0n) is 9.87. The Morgan fingerprint density at radius 1 is 1.00 bits per heavy atom. The molecule has 0 atom stereocenters. The molecule has 84 valence electrons. The third-order valence-corrected chi connectivity index (χ3v) is 3.11. The second-order valence-corrected chi connectivity index (χ2v) is 4.31. The van der Waals surface area contributed by atoms with Gasteiger partial charge >= 0.3 is 0 Å². The highest BCUT2D eigenvalue weighted by Crippen LogP contribution is 2.25. The molecule has 2 N–H and O–H groups in total. The van der Waals surface area contributed by atoms with Crippen LogP contribution in [0.25, 0.3) is 10.8 Å². The van der Waals surface area contributed by atoms with Crippen LogP contribution in [0.1, 0.15) is 31.7 Å². The lowest BCUT2D eigenvalue weighted by Gasteiger charge is -2.09. The lowest BCUT2D eigenvalue weighted by molar-refractivity contribution is 0.720. The van der Waals surface area contributed by atoms with Gasteiger partial charge in [0, 0.05) is 5.69 Å². The summed E-state index contributed by atoms with van der Waals surface area (Å²) in [7, 11) is 0. The number of anilines is 1. The number of hydrogen-bond donors (Lipinski definition) is 1. The molecule has 1 heteroatoms. The van der Waals surface area contributed by atoms with Crippen molar-refractivity contribution < 1.29 is 0 Å². The molecule has 2 rings (SSSR count). The van der Waals surface area contributed by atoms with E-state index in [0.717, 1.165) is 12.1 Å². The molecule has 0 aliphatic rings. The highest BCUT2D eigenvalue weighted by molar-refractivity contribution is 5.89. The SMILES string of the molecule is CCCCCc1c(N)ccc2ccccc12. The summed E-state index contributed by atoms with van der Waals surface area (Å²) in [5.74, 6) is 0. The molecule has 0 unspecified atom stereocenters. The van der Waals surface area contributed by atoms with Gasteiger partial charge in [-0.2, -0.15) is 0 Å². The maximum absolute atomic E-state index is 6.07. The average Bonchev–Trinajstić information content (AvgIpc) is 2.32. The second kappa shape index (κ2) is 5.02. The fourth-order valence-electron chi connectivity index (χ4n) is 2.18. The Balaban J connectivity index is 2.37. The average molecular weight is 213 g/mol. The van der Waals surface area contributed by atoms with E-state index in [9.17, 15) is 0 Å². The Labute approximate surface area is 97.3 Å². The summed E-state index contributed by atoms with van der Waals surface area (Å²) in [6.45, 7) is 2.23. The minimum atomic E-state index is 0.940. The molecule has 0 aliphatic carbocycles. The van der Waals surface area contributed by atoms with Crippen molar-refractivity contribution in [2.45, 2.75) is 32.6 Å². The minimum absolute atomic E-state index is 0.940. The van der Waals surface area contributed by atoms with Crippen LogP contribution in [0.2, 0.25) is 0 Å². The smallest absolute Gasteiger partial charge is 0.0353 e. The molecule has 2 aromatic rings. The zero-order valence-corrected chi connectivity index (χ0v) is 9.87. The number of unbranched alkanes of at least 4 members (excludes halogenated alkanes) is 2. The molecule has 0 spiro atoms. The molecule has 0 bridgehead atoms. The van der Waals surface area contributed by atoms with Gasteiger partial charge in [0.25, 0.3) is 0 Å². The van der Waals surface area contributed by atoms with E-state index in [1.165, 1.54) is 35.6 Å². The summed E-state index contributed by atoms with van der Waals surface area (Å²) >= 11 is 0. The van der Waals surface area contributed by atoms with Crippen molar-refractivity contribution in [2.24, 2.45) is 0 Å². The van der Waals surface area contributed by atoms with E-state index in [1.807, 2.05) is 6.07 Å². The van der Waals surface area contributed by atoms with Gasteiger partial charge in [-0.05, 0) is 35.2 Å². The molecule has 2 aromatic carbocycles. The Morgan fingerprint density at radius 2 is 1.81 bits per heavy atom. The second-order valence-electron chi connectivity index (χ2n) is 4.31. The zero-order chi connectivity index (χ0) is 11.4. The van der Waals surface area contributed by atoms with Crippen LogP contribution in [0.5, 0.6) is 0 Å². The number of rotatable bonds is 4. The molecule has 0 saturated heterocycles. The summed E-state index contributed by atoms with van der Waals surface area (Å²) in [6, 6.07) is 12.6. The van der Waals surface area contributed by atoms with Crippen molar-refractivity contribution in [3.63, 3.8) is 0 Å². The monoisotopic (exact) mass is 213 g/mol. The maximum atomic E-state index is 6.07. The van der Waals surface area contributed by atoms with Crippen LogP contribution >= 0.6 is 0 Å². The topological polar surface area (TPSA) is 26.0 Å². The van der Waals surface area contributed by atoms with Gasteiger partial charge in [-0.25, -0.2) is 0 Å². The van der Waals surface area contributed by atoms with Crippen LogP contribution in [0, 0.1) is 0 Å². The number of nitrogen functional groups attached to an aromatic ring is 1. The first kappa shape index (κ1) is 11.0. The van der Waals surface area contributed by atoms with Gasteiger partial charge < -0.3 is 5.73 Å². The van der Waals surface area contributed by atoms with Crippen LogP contribution in [0.15, 0.2) is 36.4 Å². The molecule has 0 aromatic heterocycles. The normalized spacial score (nSPS) is 10.8. The molecule has 0 heterocycles. The van der Waals surface area contributed by atoms with Gasteiger partial charge in [0.05, 0.1) is 0 Å². The lowest BCUT2D eigenvalue weighted by Crippen LogP contribution is -1.96. The molecule has 0 radical (unpaired) electrons.